The number of hydrogen-bond donors (Lipinski definition) is 1. The molecule has 5 rings (SSSR count). The number of nitrogens with zero attached hydrogens (tertiary/aromatic N) is 3. The van der Waals surface area contributed by atoms with E-state index in [-0.39, 0.29) is 6.03 Å². The van der Waals surface area contributed by atoms with E-state index in [2.05, 4.69) is 10.5 Å². The molecule has 2 amide bonds. The van der Waals surface area contributed by atoms with Crippen molar-refractivity contribution in [1.29, 1.82) is 0 Å². The standard InChI is InChI=1S/C28H26N4O3/c1-18-9-13-21(14-10-18)25-24(27-30-26(31-35-27)22-7-5-4-6-8-22)19(2)32(28(33)29-25)17-20-11-15-23(34-3)16-12-20/h4-16,25H,17H2,1-3H3,(H,29,33). The lowest BCUT2D eigenvalue weighted by atomic mass is 9.94. The number of ether oxygens (including phenoxy) is 1. The van der Waals surface area contributed by atoms with Gasteiger partial charge in [0.05, 0.1) is 25.3 Å². The number of carbonyl (C=O) groups excluding carboxylic acids is 1. The molecule has 1 aliphatic rings. The van der Waals surface area contributed by atoms with Crippen LogP contribution >= 0.6 is 0 Å². The molecule has 0 saturated heterocycles. The van der Waals surface area contributed by atoms with Crippen molar-refractivity contribution < 1.29 is 14.1 Å². The molecule has 4 aromatic rings. The minimum Gasteiger partial charge on any atom is -0.497 e. The van der Waals surface area contributed by atoms with Crippen LogP contribution in [0.3, 0.4) is 0 Å². The van der Waals surface area contributed by atoms with E-state index in [0.29, 0.717) is 18.3 Å². The van der Waals surface area contributed by atoms with Crippen LogP contribution < -0.4 is 10.1 Å². The summed E-state index contributed by atoms with van der Waals surface area (Å²) in [6.45, 7) is 4.35. The van der Waals surface area contributed by atoms with E-state index < -0.39 is 6.04 Å². The Hall–Kier alpha value is -4.39. The molecular weight excluding hydrogens is 440 g/mol. The number of rotatable bonds is 6. The van der Waals surface area contributed by atoms with Crippen molar-refractivity contribution in [2.75, 3.05) is 7.11 Å². The molecule has 7 heteroatoms. The Morgan fingerprint density at radius 3 is 2.37 bits per heavy atom. The van der Waals surface area contributed by atoms with Gasteiger partial charge in [-0.25, -0.2) is 4.79 Å². The lowest BCUT2D eigenvalue weighted by Gasteiger charge is -2.35. The number of aryl methyl sites for hydroxylation is 1. The highest BCUT2D eigenvalue weighted by atomic mass is 16.5. The molecule has 0 saturated carbocycles. The molecule has 2 heterocycles. The maximum Gasteiger partial charge on any atom is 0.322 e. The zero-order chi connectivity index (χ0) is 24.4. The summed E-state index contributed by atoms with van der Waals surface area (Å²) >= 11 is 0. The van der Waals surface area contributed by atoms with E-state index in [9.17, 15) is 4.79 Å². The molecule has 3 aromatic carbocycles. The fourth-order valence-electron chi connectivity index (χ4n) is 4.21. The highest BCUT2D eigenvalue weighted by Crippen LogP contribution is 2.38. The number of benzene rings is 3. The predicted molar refractivity (Wildman–Crippen MR) is 133 cm³/mol. The number of methoxy groups -OCH3 is 1. The lowest BCUT2D eigenvalue weighted by molar-refractivity contribution is 0.203. The molecule has 0 spiro atoms. The molecule has 7 nitrogen and oxygen atoms in total. The van der Waals surface area contributed by atoms with E-state index in [1.807, 2.05) is 92.7 Å². The van der Waals surface area contributed by atoms with Crippen LogP contribution in [0.15, 0.2) is 89.1 Å². The van der Waals surface area contributed by atoms with Gasteiger partial charge in [-0.15, -0.1) is 0 Å². The lowest BCUT2D eigenvalue weighted by Crippen LogP contribution is -2.45. The van der Waals surface area contributed by atoms with Crippen LogP contribution in [-0.2, 0) is 6.54 Å². The quantitative estimate of drug-likeness (QED) is 0.391. The summed E-state index contributed by atoms with van der Waals surface area (Å²) in [5.74, 6) is 1.65. The second-order valence-corrected chi connectivity index (χ2v) is 8.52. The van der Waals surface area contributed by atoms with Crippen LogP contribution in [0.5, 0.6) is 5.75 Å². The first-order chi connectivity index (χ1) is 17.0. The third-order valence-electron chi connectivity index (χ3n) is 6.20. The average Bonchev–Trinajstić information content (AvgIpc) is 3.37. The predicted octanol–water partition coefficient (Wildman–Crippen LogP) is 5.75. The zero-order valence-corrected chi connectivity index (χ0v) is 19.9. The molecule has 0 fully saturated rings. The van der Waals surface area contributed by atoms with Crippen molar-refractivity contribution in [1.82, 2.24) is 20.4 Å². The van der Waals surface area contributed by atoms with Gasteiger partial charge in [0.2, 0.25) is 5.82 Å². The summed E-state index contributed by atoms with van der Waals surface area (Å²) in [7, 11) is 1.63. The number of allylic oxidation sites excluding steroid dienone is 1. The molecule has 176 valence electrons. The molecule has 1 aliphatic heterocycles. The fourth-order valence-corrected chi connectivity index (χ4v) is 4.21. The van der Waals surface area contributed by atoms with Crippen LogP contribution in [0, 0.1) is 6.92 Å². The molecule has 1 atom stereocenters. The number of amides is 2. The number of nitrogens with one attached hydrogen (secondary N) is 1. The Labute approximate surface area is 204 Å². The van der Waals surface area contributed by atoms with Crippen LogP contribution in [0.1, 0.15) is 35.5 Å². The number of carbonyl (C=O) groups is 1. The van der Waals surface area contributed by atoms with E-state index in [0.717, 1.165) is 39.3 Å². The highest BCUT2D eigenvalue weighted by molar-refractivity contribution is 5.86. The third-order valence-corrected chi connectivity index (χ3v) is 6.20. The molecule has 0 bridgehead atoms. The average molecular weight is 467 g/mol. The van der Waals surface area contributed by atoms with Gasteiger partial charge in [0.25, 0.3) is 5.89 Å². The molecule has 1 unspecified atom stereocenters. The van der Waals surface area contributed by atoms with Crippen molar-refractivity contribution in [2.24, 2.45) is 0 Å². The van der Waals surface area contributed by atoms with E-state index in [4.69, 9.17) is 14.2 Å². The summed E-state index contributed by atoms with van der Waals surface area (Å²) in [5, 5.41) is 7.37. The van der Waals surface area contributed by atoms with Crippen LogP contribution in [0.4, 0.5) is 4.79 Å². The monoisotopic (exact) mass is 466 g/mol. The Morgan fingerprint density at radius 2 is 1.69 bits per heavy atom. The normalized spacial score (nSPS) is 15.8. The Balaban J connectivity index is 1.57. The first-order valence-corrected chi connectivity index (χ1v) is 11.4. The van der Waals surface area contributed by atoms with Crippen molar-refractivity contribution in [3.63, 3.8) is 0 Å². The van der Waals surface area contributed by atoms with E-state index in [1.54, 1.807) is 12.0 Å². The molecule has 0 aliphatic carbocycles. The van der Waals surface area contributed by atoms with Crippen LogP contribution in [-0.4, -0.2) is 28.2 Å². The Kier molecular flexibility index (Phi) is 6.06. The van der Waals surface area contributed by atoms with Crippen molar-refractivity contribution >= 4 is 11.6 Å². The Bertz CT molecular complexity index is 1360. The highest BCUT2D eigenvalue weighted by Gasteiger charge is 2.35. The summed E-state index contributed by atoms with van der Waals surface area (Å²) in [4.78, 5) is 19.7. The van der Waals surface area contributed by atoms with E-state index >= 15 is 0 Å². The van der Waals surface area contributed by atoms with Crippen LogP contribution in [0.25, 0.3) is 17.0 Å². The van der Waals surface area contributed by atoms with Gasteiger partial charge in [0, 0.05) is 11.3 Å². The molecule has 0 radical (unpaired) electrons. The van der Waals surface area contributed by atoms with Gasteiger partial charge >= 0.3 is 6.03 Å². The molecule has 1 aromatic heterocycles. The Morgan fingerprint density at radius 1 is 0.971 bits per heavy atom. The number of urea groups is 1. The minimum atomic E-state index is -0.417. The summed E-state index contributed by atoms with van der Waals surface area (Å²) in [5.41, 5.74) is 5.46. The molecule has 1 N–H and O–H groups in total. The number of hydrogen-bond acceptors (Lipinski definition) is 5. The first kappa shape index (κ1) is 22.4. The smallest absolute Gasteiger partial charge is 0.322 e. The van der Waals surface area contributed by atoms with Crippen molar-refractivity contribution in [3.05, 3.63) is 107 Å². The SMILES string of the molecule is COc1ccc(CN2C(=O)NC(c3ccc(C)cc3)C(c3nc(-c4ccccc4)no3)=C2C)cc1. The van der Waals surface area contributed by atoms with E-state index in [1.165, 1.54) is 0 Å². The summed E-state index contributed by atoms with van der Waals surface area (Å²) < 4.78 is 11.0. The molecular formula is C28H26N4O3. The molecule has 35 heavy (non-hydrogen) atoms. The fraction of sp³-hybridized carbons (Fsp3) is 0.179. The summed E-state index contributed by atoms with van der Waals surface area (Å²) in [6.07, 6.45) is 0. The van der Waals surface area contributed by atoms with Gasteiger partial charge in [-0.1, -0.05) is 77.5 Å². The first-order valence-electron chi connectivity index (χ1n) is 11.4. The second kappa shape index (κ2) is 9.46. The maximum atomic E-state index is 13.3. The van der Waals surface area contributed by atoms with Crippen molar-refractivity contribution in [2.45, 2.75) is 26.4 Å². The van der Waals surface area contributed by atoms with Gasteiger partial charge in [0.15, 0.2) is 0 Å². The minimum absolute atomic E-state index is 0.185. The number of aromatic nitrogens is 2. The van der Waals surface area contributed by atoms with Gasteiger partial charge in [-0.3, -0.25) is 4.90 Å². The summed E-state index contributed by atoms with van der Waals surface area (Å²) in [6, 6.07) is 24.8. The van der Waals surface area contributed by atoms with Crippen LogP contribution in [0.2, 0.25) is 0 Å². The largest absolute Gasteiger partial charge is 0.497 e. The van der Waals surface area contributed by atoms with Crippen molar-refractivity contribution in [3.8, 4) is 17.1 Å². The van der Waals surface area contributed by atoms with Gasteiger partial charge < -0.3 is 14.6 Å². The van der Waals surface area contributed by atoms with Gasteiger partial charge in [-0.05, 0) is 37.1 Å². The topological polar surface area (TPSA) is 80.5 Å². The maximum absolute atomic E-state index is 13.3. The third kappa shape index (κ3) is 4.53. The zero-order valence-electron chi connectivity index (χ0n) is 19.9. The van der Waals surface area contributed by atoms with Gasteiger partial charge in [-0.2, -0.15) is 4.98 Å². The van der Waals surface area contributed by atoms with Gasteiger partial charge in [0.1, 0.15) is 5.75 Å². The second-order valence-electron chi connectivity index (χ2n) is 8.52.